The molecule has 1 unspecified atom stereocenters. The van der Waals surface area contributed by atoms with Crippen LogP contribution in [0.1, 0.15) is 0 Å². The van der Waals surface area contributed by atoms with Crippen molar-refractivity contribution in [1.82, 2.24) is 4.72 Å². The Bertz CT molecular complexity index is 391. The van der Waals surface area contributed by atoms with E-state index in [9.17, 15) is 16.8 Å². The number of methoxy groups -OCH3 is 1. The van der Waals surface area contributed by atoms with Crippen LogP contribution in [0, 0.1) is 0 Å². The summed E-state index contributed by atoms with van der Waals surface area (Å²) in [5.41, 5.74) is 0. The number of halogens is 1. The van der Waals surface area contributed by atoms with Gasteiger partial charge in [-0.2, -0.15) is 0 Å². The molecule has 9 heteroatoms. The minimum atomic E-state index is -3.64. The number of hydrogen-bond donors (Lipinski definition) is 1. The highest BCUT2D eigenvalue weighted by molar-refractivity contribution is 7.93. The Morgan fingerprint density at radius 3 is 2.19 bits per heavy atom. The van der Waals surface area contributed by atoms with E-state index in [1.54, 1.807) is 0 Å². The van der Waals surface area contributed by atoms with Crippen molar-refractivity contribution < 1.29 is 21.6 Å². The van der Waals surface area contributed by atoms with Gasteiger partial charge in [0.1, 0.15) is 9.84 Å². The molecule has 0 amide bonds. The molecule has 0 aliphatic carbocycles. The Morgan fingerprint density at radius 2 is 1.81 bits per heavy atom. The number of hydrogen-bond acceptors (Lipinski definition) is 5. The van der Waals surface area contributed by atoms with Crippen LogP contribution in [0.2, 0.25) is 0 Å². The first kappa shape index (κ1) is 16.1. The molecular formula is C7H16ClNO5S2. The molecule has 0 saturated heterocycles. The van der Waals surface area contributed by atoms with Gasteiger partial charge in [-0.25, -0.2) is 21.6 Å². The molecule has 1 N–H and O–H groups in total. The molecule has 1 atom stereocenters. The highest BCUT2D eigenvalue weighted by Gasteiger charge is 2.19. The van der Waals surface area contributed by atoms with Crippen LogP contribution >= 0.6 is 11.6 Å². The summed E-state index contributed by atoms with van der Waals surface area (Å²) in [5.74, 6) is -0.820. The van der Waals surface area contributed by atoms with Crippen molar-refractivity contribution in [3.8, 4) is 0 Å². The molecule has 0 rings (SSSR count). The van der Waals surface area contributed by atoms with Crippen molar-refractivity contribution in [2.24, 2.45) is 0 Å². The van der Waals surface area contributed by atoms with E-state index in [4.69, 9.17) is 16.3 Å². The Balaban J connectivity index is 4.34. The summed E-state index contributed by atoms with van der Waals surface area (Å²) in [5, 5.41) is 0. The molecule has 0 fully saturated rings. The average Bonchev–Trinajstić information content (AvgIpc) is 2.13. The number of sulfone groups is 1. The van der Waals surface area contributed by atoms with Gasteiger partial charge in [-0.3, -0.25) is 0 Å². The second-order valence-corrected chi connectivity index (χ2v) is 7.81. The van der Waals surface area contributed by atoms with Crippen LogP contribution in [-0.2, 0) is 24.6 Å². The number of sulfonamides is 1. The minimum absolute atomic E-state index is 0.0615. The normalized spacial score (nSPS) is 14.9. The van der Waals surface area contributed by atoms with Gasteiger partial charge in [0.25, 0.3) is 0 Å². The van der Waals surface area contributed by atoms with Gasteiger partial charge in [-0.15, -0.1) is 11.6 Å². The molecule has 0 aromatic rings. The maximum Gasteiger partial charge on any atom is 0.212 e. The van der Waals surface area contributed by atoms with Crippen molar-refractivity contribution in [1.29, 1.82) is 0 Å². The number of ether oxygens (including phenoxy) is 1. The van der Waals surface area contributed by atoms with Gasteiger partial charge < -0.3 is 4.74 Å². The van der Waals surface area contributed by atoms with Gasteiger partial charge in [0.15, 0.2) is 0 Å². The van der Waals surface area contributed by atoms with E-state index in [0.29, 0.717) is 0 Å². The lowest BCUT2D eigenvalue weighted by Gasteiger charge is -2.14. The minimum Gasteiger partial charge on any atom is -0.383 e. The lowest BCUT2D eigenvalue weighted by Crippen LogP contribution is -2.41. The standard InChI is InChI=1S/C7H16ClNO5S2/c1-14-6-7(5-8)9-16(12,13)4-3-15(2,10)11/h7,9H,3-6H2,1-2H3. The van der Waals surface area contributed by atoms with Crippen molar-refractivity contribution in [3.63, 3.8) is 0 Å². The van der Waals surface area contributed by atoms with E-state index in [-0.39, 0.29) is 12.5 Å². The largest absolute Gasteiger partial charge is 0.383 e. The van der Waals surface area contributed by atoms with Crippen LogP contribution in [0.15, 0.2) is 0 Å². The summed E-state index contributed by atoms with van der Waals surface area (Å²) in [6.45, 7) is 0.140. The van der Waals surface area contributed by atoms with Crippen LogP contribution in [0.4, 0.5) is 0 Å². The molecule has 98 valence electrons. The molecule has 0 radical (unpaired) electrons. The first-order valence-corrected chi connectivity index (χ1v) is 8.67. The average molecular weight is 294 g/mol. The molecular weight excluding hydrogens is 278 g/mol. The zero-order valence-corrected chi connectivity index (χ0v) is 11.5. The molecule has 6 nitrogen and oxygen atoms in total. The first-order chi connectivity index (χ1) is 7.20. The second kappa shape index (κ2) is 6.75. The van der Waals surface area contributed by atoms with E-state index < -0.39 is 37.4 Å². The number of alkyl halides is 1. The van der Waals surface area contributed by atoms with Crippen LogP contribution in [0.25, 0.3) is 0 Å². The zero-order valence-electron chi connectivity index (χ0n) is 9.14. The van der Waals surface area contributed by atoms with Crippen LogP contribution in [0.3, 0.4) is 0 Å². The molecule has 0 saturated carbocycles. The van der Waals surface area contributed by atoms with E-state index in [1.165, 1.54) is 7.11 Å². The van der Waals surface area contributed by atoms with Gasteiger partial charge in [0.2, 0.25) is 10.0 Å². The fraction of sp³-hybridized carbons (Fsp3) is 1.00. The van der Waals surface area contributed by atoms with E-state index in [1.807, 2.05) is 0 Å². The third kappa shape index (κ3) is 8.28. The summed E-state index contributed by atoms with van der Waals surface area (Å²) >= 11 is 5.52. The quantitative estimate of drug-likeness (QED) is 0.592. The maximum absolute atomic E-state index is 11.4. The summed E-state index contributed by atoms with van der Waals surface area (Å²) in [6.07, 6.45) is 0.983. The van der Waals surface area contributed by atoms with E-state index in [2.05, 4.69) is 4.72 Å². The lowest BCUT2D eigenvalue weighted by atomic mass is 10.4. The SMILES string of the molecule is COCC(CCl)NS(=O)(=O)CCS(C)(=O)=O. The molecule has 0 bridgehead atoms. The van der Waals surface area contributed by atoms with Crippen molar-refractivity contribution in [2.75, 3.05) is 37.4 Å². The maximum atomic E-state index is 11.4. The molecule has 0 aliphatic rings. The summed E-state index contributed by atoms with van der Waals surface area (Å²) in [4.78, 5) is 0. The summed E-state index contributed by atoms with van der Waals surface area (Å²) < 4.78 is 51.5. The van der Waals surface area contributed by atoms with E-state index >= 15 is 0 Å². The second-order valence-electron chi connectivity index (χ2n) is 3.37. The predicted octanol–water partition coefficient (Wildman–Crippen LogP) is -0.796. The van der Waals surface area contributed by atoms with Crippen LogP contribution < -0.4 is 4.72 Å². The number of nitrogens with one attached hydrogen (secondary N) is 1. The molecule has 0 aromatic heterocycles. The monoisotopic (exact) mass is 293 g/mol. The Hall–Kier alpha value is 0.110. The summed E-state index contributed by atoms with van der Waals surface area (Å²) in [7, 11) is -5.52. The van der Waals surface area contributed by atoms with Gasteiger partial charge in [0, 0.05) is 19.2 Å². The van der Waals surface area contributed by atoms with Gasteiger partial charge in [-0.1, -0.05) is 0 Å². The van der Waals surface area contributed by atoms with Crippen molar-refractivity contribution in [2.45, 2.75) is 6.04 Å². The Labute approximate surface area is 101 Å². The predicted molar refractivity (Wildman–Crippen MR) is 63.0 cm³/mol. The fourth-order valence-electron chi connectivity index (χ4n) is 0.885. The molecule has 0 heterocycles. The molecule has 0 aliphatic heterocycles. The van der Waals surface area contributed by atoms with Crippen molar-refractivity contribution in [3.05, 3.63) is 0 Å². The van der Waals surface area contributed by atoms with E-state index in [0.717, 1.165) is 6.26 Å². The zero-order chi connectivity index (χ0) is 12.8. The van der Waals surface area contributed by atoms with Gasteiger partial charge in [0.05, 0.1) is 24.2 Å². The highest BCUT2D eigenvalue weighted by Crippen LogP contribution is 1.96. The lowest BCUT2D eigenvalue weighted by molar-refractivity contribution is 0.181. The van der Waals surface area contributed by atoms with Crippen molar-refractivity contribution >= 4 is 31.5 Å². The van der Waals surface area contributed by atoms with Gasteiger partial charge in [-0.05, 0) is 0 Å². The third-order valence-corrected chi connectivity index (χ3v) is 4.63. The van der Waals surface area contributed by atoms with Crippen LogP contribution in [-0.4, -0.2) is 60.2 Å². The van der Waals surface area contributed by atoms with Gasteiger partial charge >= 0.3 is 0 Å². The molecule has 0 aromatic carbocycles. The highest BCUT2D eigenvalue weighted by atomic mass is 35.5. The smallest absolute Gasteiger partial charge is 0.212 e. The van der Waals surface area contributed by atoms with Crippen LogP contribution in [0.5, 0.6) is 0 Å². The fourth-order valence-corrected chi connectivity index (χ4v) is 4.01. The molecule has 16 heavy (non-hydrogen) atoms. The first-order valence-electron chi connectivity index (χ1n) is 4.43. The molecule has 0 spiro atoms. The Kier molecular flexibility index (Phi) is 6.80. The Morgan fingerprint density at radius 1 is 1.25 bits per heavy atom. The topological polar surface area (TPSA) is 89.5 Å². The number of rotatable bonds is 8. The third-order valence-electron chi connectivity index (χ3n) is 1.62. The summed E-state index contributed by atoms with van der Waals surface area (Å²) in [6, 6.07) is -0.545.